The zero-order valence-electron chi connectivity index (χ0n) is 7.25. The molecule has 0 aliphatic carbocycles. The summed E-state index contributed by atoms with van der Waals surface area (Å²) >= 11 is 0. The van der Waals surface area contributed by atoms with Crippen LogP contribution in [0.5, 0.6) is 0 Å². The summed E-state index contributed by atoms with van der Waals surface area (Å²) in [6.45, 7) is 0. The summed E-state index contributed by atoms with van der Waals surface area (Å²) in [6.07, 6.45) is 1.64. The Morgan fingerprint density at radius 1 is 1.43 bits per heavy atom. The number of anilines is 1. The normalized spacial score (nSPS) is 9.64. The molecule has 0 bridgehead atoms. The Bertz CT molecular complexity index is 480. The van der Waals surface area contributed by atoms with Gasteiger partial charge >= 0.3 is 0 Å². The van der Waals surface area contributed by atoms with Gasteiger partial charge in [0.2, 0.25) is 0 Å². The zero-order valence-corrected chi connectivity index (χ0v) is 7.25. The zero-order chi connectivity index (χ0) is 9.97. The van der Waals surface area contributed by atoms with Gasteiger partial charge in [0.25, 0.3) is 0 Å². The Labute approximate surface area is 80.4 Å². The van der Waals surface area contributed by atoms with Crippen LogP contribution in [0, 0.1) is 11.3 Å². The molecule has 0 unspecified atom stereocenters. The first-order valence-electron chi connectivity index (χ1n) is 3.98. The molecule has 0 amide bonds. The fourth-order valence-electron chi connectivity index (χ4n) is 1.11. The molecule has 2 N–H and O–H groups in total. The molecule has 14 heavy (non-hydrogen) atoms. The molecule has 0 saturated carbocycles. The number of pyridine rings is 1. The van der Waals surface area contributed by atoms with Crippen LogP contribution in [0.4, 0.5) is 5.82 Å². The Hall–Kier alpha value is -2.35. The highest BCUT2D eigenvalue weighted by molar-refractivity contribution is 5.42. The summed E-state index contributed by atoms with van der Waals surface area (Å²) < 4.78 is 1.43. The third-order valence-electron chi connectivity index (χ3n) is 1.72. The monoisotopic (exact) mass is 185 g/mol. The number of hydrogen-bond acceptors (Lipinski definition) is 4. The van der Waals surface area contributed by atoms with Gasteiger partial charge in [0.1, 0.15) is 11.9 Å². The predicted molar refractivity (Wildman–Crippen MR) is 50.5 cm³/mol. The number of aromatic nitrogens is 3. The third kappa shape index (κ3) is 1.29. The van der Waals surface area contributed by atoms with E-state index in [1.54, 1.807) is 18.3 Å². The summed E-state index contributed by atoms with van der Waals surface area (Å²) in [7, 11) is 0. The summed E-state index contributed by atoms with van der Waals surface area (Å²) in [6, 6.07) is 8.82. The van der Waals surface area contributed by atoms with Gasteiger partial charge in [0.05, 0.1) is 0 Å². The lowest BCUT2D eigenvalue weighted by Crippen LogP contribution is -2.03. The van der Waals surface area contributed by atoms with E-state index in [0.717, 1.165) is 0 Å². The van der Waals surface area contributed by atoms with E-state index in [2.05, 4.69) is 10.1 Å². The molecule has 0 fully saturated rings. The van der Waals surface area contributed by atoms with E-state index < -0.39 is 0 Å². The number of nitrogens with two attached hydrogens (primary N) is 1. The molecule has 2 rings (SSSR count). The third-order valence-corrected chi connectivity index (χ3v) is 1.72. The van der Waals surface area contributed by atoms with Crippen LogP contribution in [-0.4, -0.2) is 14.8 Å². The minimum Gasteiger partial charge on any atom is -0.383 e. The molecule has 68 valence electrons. The van der Waals surface area contributed by atoms with Crippen LogP contribution in [0.25, 0.3) is 5.82 Å². The topological polar surface area (TPSA) is 80.5 Å². The van der Waals surface area contributed by atoms with Gasteiger partial charge in [-0.05, 0) is 12.1 Å². The van der Waals surface area contributed by atoms with Gasteiger partial charge in [-0.2, -0.15) is 15.0 Å². The minimum absolute atomic E-state index is 0.285. The van der Waals surface area contributed by atoms with Crippen molar-refractivity contribution in [1.82, 2.24) is 14.8 Å². The number of rotatable bonds is 1. The highest BCUT2D eigenvalue weighted by Gasteiger charge is 2.05. The highest BCUT2D eigenvalue weighted by atomic mass is 15.3. The quantitative estimate of drug-likeness (QED) is 0.709. The van der Waals surface area contributed by atoms with Gasteiger partial charge in [-0.15, -0.1) is 0 Å². The van der Waals surface area contributed by atoms with Crippen molar-refractivity contribution in [3.8, 4) is 11.9 Å². The first-order valence-corrected chi connectivity index (χ1v) is 3.98. The maximum Gasteiger partial charge on any atom is 0.165 e. The predicted octanol–water partition coefficient (Wildman–Crippen LogP) is 0.721. The fourth-order valence-corrected chi connectivity index (χ4v) is 1.11. The lowest BCUT2D eigenvalue weighted by atomic mass is 10.4. The number of hydrogen-bond donors (Lipinski definition) is 1. The van der Waals surface area contributed by atoms with Crippen molar-refractivity contribution in [3.63, 3.8) is 0 Å². The summed E-state index contributed by atoms with van der Waals surface area (Å²) in [5.74, 6) is 1.01. The molecule has 0 aromatic carbocycles. The fraction of sp³-hybridized carbons (Fsp3) is 0. The average Bonchev–Trinajstić information content (AvgIpc) is 2.61. The lowest BCUT2D eigenvalue weighted by molar-refractivity contribution is 0.851. The molecule has 0 radical (unpaired) electrons. The van der Waals surface area contributed by atoms with E-state index in [4.69, 9.17) is 11.0 Å². The summed E-state index contributed by atoms with van der Waals surface area (Å²) in [4.78, 5) is 4.07. The molecular weight excluding hydrogens is 178 g/mol. The van der Waals surface area contributed by atoms with Crippen molar-refractivity contribution in [1.29, 1.82) is 5.26 Å². The van der Waals surface area contributed by atoms with Crippen molar-refractivity contribution < 1.29 is 0 Å². The molecule has 2 heterocycles. The number of nitrogens with zero attached hydrogens (tertiary/aromatic N) is 4. The first kappa shape index (κ1) is 8.26. The SMILES string of the molecule is N#Cc1cc(N)n(-c2ccccn2)n1. The summed E-state index contributed by atoms with van der Waals surface area (Å²) in [5, 5.41) is 12.6. The van der Waals surface area contributed by atoms with Gasteiger partial charge < -0.3 is 5.73 Å². The minimum atomic E-state index is 0.285. The Balaban J connectivity index is 2.53. The van der Waals surface area contributed by atoms with E-state index in [9.17, 15) is 0 Å². The molecule has 0 aliphatic rings. The Morgan fingerprint density at radius 2 is 2.29 bits per heavy atom. The lowest BCUT2D eigenvalue weighted by Gasteiger charge is -2.00. The maximum absolute atomic E-state index is 8.62. The summed E-state index contributed by atoms with van der Waals surface area (Å²) in [5.41, 5.74) is 5.94. The number of nitrogen functional groups attached to an aromatic ring is 1. The molecule has 2 aromatic heterocycles. The smallest absolute Gasteiger partial charge is 0.165 e. The van der Waals surface area contributed by atoms with Gasteiger partial charge in [0, 0.05) is 12.3 Å². The van der Waals surface area contributed by atoms with Crippen molar-refractivity contribution in [2.45, 2.75) is 0 Å². The van der Waals surface area contributed by atoms with E-state index in [-0.39, 0.29) is 5.69 Å². The molecule has 0 atom stereocenters. The van der Waals surface area contributed by atoms with Crippen LogP contribution in [0.15, 0.2) is 30.5 Å². The Morgan fingerprint density at radius 3 is 2.86 bits per heavy atom. The molecular formula is C9H7N5. The second-order valence-electron chi connectivity index (χ2n) is 2.67. The van der Waals surface area contributed by atoms with Crippen LogP contribution < -0.4 is 5.73 Å². The molecule has 2 aromatic rings. The molecule has 0 spiro atoms. The van der Waals surface area contributed by atoms with E-state index in [1.807, 2.05) is 12.1 Å². The second kappa shape index (κ2) is 3.18. The van der Waals surface area contributed by atoms with Gasteiger partial charge in [-0.3, -0.25) is 0 Å². The molecule has 0 aliphatic heterocycles. The number of nitriles is 1. The van der Waals surface area contributed by atoms with E-state index in [1.165, 1.54) is 10.7 Å². The van der Waals surface area contributed by atoms with Gasteiger partial charge in [0.15, 0.2) is 11.5 Å². The molecule has 5 nitrogen and oxygen atoms in total. The van der Waals surface area contributed by atoms with E-state index in [0.29, 0.717) is 11.6 Å². The van der Waals surface area contributed by atoms with E-state index >= 15 is 0 Å². The largest absolute Gasteiger partial charge is 0.383 e. The van der Waals surface area contributed by atoms with Crippen molar-refractivity contribution in [3.05, 3.63) is 36.2 Å². The average molecular weight is 185 g/mol. The van der Waals surface area contributed by atoms with Crippen LogP contribution in [-0.2, 0) is 0 Å². The van der Waals surface area contributed by atoms with Crippen LogP contribution in [0.3, 0.4) is 0 Å². The van der Waals surface area contributed by atoms with Gasteiger partial charge in [-0.1, -0.05) is 6.07 Å². The van der Waals surface area contributed by atoms with Crippen LogP contribution in [0.2, 0.25) is 0 Å². The van der Waals surface area contributed by atoms with Crippen molar-refractivity contribution in [2.75, 3.05) is 5.73 Å². The molecule has 0 saturated heterocycles. The van der Waals surface area contributed by atoms with Crippen molar-refractivity contribution >= 4 is 5.82 Å². The highest BCUT2D eigenvalue weighted by Crippen LogP contribution is 2.10. The second-order valence-corrected chi connectivity index (χ2v) is 2.67. The van der Waals surface area contributed by atoms with Gasteiger partial charge in [-0.25, -0.2) is 4.98 Å². The van der Waals surface area contributed by atoms with Crippen molar-refractivity contribution in [2.24, 2.45) is 0 Å². The standard InChI is InChI=1S/C9H7N5/c10-6-7-5-8(11)14(13-7)9-3-1-2-4-12-9/h1-5H,11H2. The molecule has 5 heteroatoms. The van der Waals surface area contributed by atoms with Crippen LogP contribution >= 0.6 is 0 Å². The maximum atomic E-state index is 8.62. The van der Waals surface area contributed by atoms with Crippen LogP contribution in [0.1, 0.15) is 5.69 Å². The Kier molecular flexibility index (Phi) is 1.88. The first-order chi connectivity index (χ1) is 6.81.